The van der Waals surface area contributed by atoms with Gasteiger partial charge in [-0.25, -0.2) is 4.39 Å². The molecule has 118 valence electrons. The average Bonchev–Trinajstić information content (AvgIpc) is 3.00. The minimum Gasteiger partial charge on any atom is -0.312 e. The Morgan fingerprint density at radius 1 is 1.19 bits per heavy atom. The van der Waals surface area contributed by atoms with Crippen LogP contribution >= 0.6 is 0 Å². The Balaban J connectivity index is 2.10. The summed E-state index contributed by atoms with van der Waals surface area (Å²) in [5.74, 6) is -0.157. The van der Waals surface area contributed by atoms with Crippen LogP contribution in [0.3, 0.4) is 0 Å². The van der Waals surface area contributed by atoms with Gasteiger partial charge in [-0.1, -0.05) is 19.1 Å². The highest BCUT2D eigenvalue weighted by atomic mass is 19.1. The molecule has 2 rings (SSSR count). The van der Waals surface area contributed by atoms with Crippen LogP contribution < -0.4 is 5.32 Å². The zero-order chi connectivity index (χ0) is 15.3. The molecule has 1 aliphatic rings. The monoisotopic (exact) mass is 292 g/mol. The van der Waals surface area contributed by atoms with E-state index in [1.165, 1.54) is 31.5 Å². The smallest absolute Gasteiger partial charge is 0.123 e. The Hall–Kier alpha value is -0.930. The van der Waals surface area contributed by atoms with E-state index in [1.54, 1.807) is 12.1 Å². The summed E-state index contributed by atoms with van der Waals surface area (Å²) in [5.41, 5.74) is 1.33. The molecule has 1 saturated heterocycles. The first-order valence-corrected chi connectivity index (χ1v) is 8.27. The Morgan fingerprint density at radius 3 is 2.38 bits per heavy atom. The first-order valence-electron chi connectivity index (χ1n) is 8.27. The third-order valence-electron chi connectivity index (χ3n) is 4.77. The van der Waals surface area contributed by atoms with E-state index in [9.17, 15) is 4.39 Å². The minimum absolute atomic E-state index is 0.125. The number of rotatable bonds is 7. The Bertz CT molecular complexity index is 421. The second kappa shape index (κ2) is 7.37. The summed E-state index contributed by atoms with van der Waals surface area (Å²) in [6, 6.07) is 7.34. The lowest BCUT2D eigenvalue weighted by atomic mass is 9.87. The lowest BCUT2D eigenvalue weighted by Gasteiger charge is -2.43. The summed E-state index contributed by atoms with van der Waals surface area (Å²) in [7, 11) is 0. The van der Waals surface area contributed by atoms with Gasteiger partial charge in [0.05, 0.1) is 0 Å². The van der Waals surface area contributed by atoms with Gasteiger partial charge in [0.1, 0.15) is 5.82 Å². The highest BCUT2D eigenvalue weighted by molar-refractivity contribution is 5.18. The second-order valence-electron chi connectivity index (χ2n) is 6.69. The van der Waals surface area contributed by atoms with E-state index in [4.69, 9.17) is 0 Å². The van der Waals surface area contributed by atoms with Gasteiger partial charge in [-0.2, -0.15) is 0 Å². The number of hydrogen-bond donors (Lipinski definition) is 1. The van der Waals surface area contributed by atoms with E-state index < -0.39 is 0 Å². The van der Waals surface area contributed by atoms with Crippen LogP contribution in [0.25, 0.3) is 0 Å². The molecular weight excluding hydrogens is 263 g/mol. The summed E-state index contributed by atoms with van der Waals surface area (Å²) in [5, 5.41) is 3.71. The molecule has 1 aromatic carbocycles. The van der Waals surface area contributed by atoms with E-state index in [0.29, 0.717) is 6.04 Å². The molecule has 0 spiro atoms. The summed E-state index contributed by atoms with van der Waals surface area (Å²) in [4.78, 5) is 2.60. The van der Waals surface area contributed by atoms with Gasteiger partial charge in [0.25, 0.3) is 0 Å². The van der Waals surface area contributed by atoms with Crippen molar-refractivity contribution in [3.05, 3.63) is 35.6 Å². The van der Waals surface area contributed by atoms with Crippen molar-refractivity contribution in [2.24, 2.45) is 0 Å². The molecule has 1 fully saturated rings. The maximum absolute atomic E-state index is 13.1. The van der Waals surface area contributed by atoms with Crippen molar-refractivity contribution in [1.29, 1.82) is 0 Å². The molecule has 21 heavy (non-hydrogen) atoms. The number of likely N-dealkylation sites (tertiary alicyclic amines) is 1. The van der Waals surface area contributed by atoms with Crippen LogP contribution in [0.15, 0.2) is 24.3 Å². The maximum atomic E-state index is 13.1. The molecule has 3 heteroatoms. The molecular formula is C18H29FN2. The van der Waals surface area contributed by atoms with Crippen molar-refractivity contribution in [2.75, 3.05) is 19.6 Å². The topological polar surface area (TPSA) is 15.3 Å². The highest BCUT2D eigenvalue weighted by Crippen LogP contribution is 2.26. The van der Waals surface area contributed by atoms with E-state index in [0.717, 1.165) is 19.4 Å². The largest absolute Gasteiger partial charge is 0.312 e. The van der Waals surface area contributed by atoms with Crippen LogP contribution in [0.4, 0.5) is 4.39 Å². The van der Waals surface area contributed by atoms with Gasteiger partial charge in [0, 0.05) is 11.6 Å². The number of nitrogens with zero attached hydrogens (tertiary/aromatic N) is 1. The Morgan fingerprint density at radius 2 is 1.81 bits per heavy atom. The van der Waals surface area contributed by atoms with Gasteiger partial charge in [-0.15, -0.1) is 0 Å². The molecule has 0 aromatic heterocycles. The van der Waals surface area contributed by atoms with Gasteiger partial charge in [0.15, 0.2) is 0 Å². The SMILES string of the molecule is CCCNC(Cc1ccc(F)cc1)C(C)(C)N1CCCC1. The third kappa shape index (κ3) is 4.27. The minimum atomic E-state index is -0.157. The second-order valence-corrected chi connectivity index (χ2v) is 6.69. The first kappa shape index (κ1) is 16.4. The Kier molecular flexibility index (Phi) is 5.77. The molecule has 0 radical (unpaired) electrons. The van der Waals surface area contributed by atoms with Gasteiger partial charge in [-0.3, -0.25) is 4.90 Å². The fourth-order valence-corrected chi connectivity index (χ4v) is 3.26. The standard InChI is InChI=1S/C18H29FN2/c1-4-11-20-17(14-15-7-9-16(19)10-8-15)18(2,3)21-12-5-6-13-21/h7-10,17,20H,4-6,11-14H2,1-3H3. The first-order chi connectivity index (χ1) is 10.0. The quantitative estimate of drug-likeness (QED) is 0.826. The van der Waals surface area contributed by atoms with Crippen molar-refractivity contribution >= 4 is 0 Å². The number of benzene rings is 1. The normalized spacial score (nSPS) is 18.1. The predicted molar refractivity (Wildman–Crippen MR) is 87.1 cm³/mol. The Labute approximate surface area is 128 Å². The molecule has 2 nitrogen and oxygen atoms in total. The van der Waals surface area contributed by atoms with Crippen LogP contribution in [0.1, 0.15) is 45.6 Å². The zero-order valence-electron chi connectivity index (χ0n) is 13.7. The molecule has 0 aliphatic carbocycles. The fraction of sp³-hybridized carbons (Fsp3) is 0.667. The van der Waals surface area contributed by atoms with Crippen LogP contribution in [0.5, 0.6) is 0 Å². The summed E-state index contributed by atoms with van der Waals surface area (Å²) in [6.45, 7) is 10.3. The van der Waals surface area contributed by atoms with Crippen molar-refractivity contribution in [2.45, 2.75) is 58.0 Å². The lowest BCUT2D eigenvalue weighted by molar-refractivity contribution is 0.106. The van der Waals surface area contributed by atoms with Crippen LogP contribution in [0.2, 0.25) is 0 Å². The summed E-state index contributed by atoms with van der Waals surface area (Å²) < 4.78 is 13.1. The third-order valence-corrected chi connectivity index (χ3v) is 4.77. The van der Waals surface area contributed by atoms with Gasteiger partial charge in [0.2, 0.25) is 0 Å². The van der Waals surface area contributed by atoms with Crippen molar-refractivity contribution in [3.8, 4) is 0 Å². The number of halogens is 1. The molecule has 1 unspecified atom stereocenters. The van der Waals surface area contributed by atoms with Gasteiger partial charge in [-0.05, 0) is 76.9 Å². The molecule has 1 heterocycles. The van der Waals surface area contributed by atoms with E-state index in [-0.39, 0.29) is 11.4 Å². The van der Waals surface area contributed by atoms with Crippen molar-refractivity contribution in [3.63, 3.8) is 0 Å². The van der Waals surface area contributed by atoms with Crippen LogP contribution in [-0.2, 0) is 6.42 Å². The molecule has 1 aliphatic heterocycles. The predicted octanol–water partition coefficient (Wildman–Crippen LogP) is 3.61. The molecule has 1 atom stereocenters. The number of hydrogen-bond acceptors (Lipinski definition) is 2. The zero-order valence-corrected chi connectivity index (χ0v) is 13.7. The van der Waals surface area contributed by atoms with E-state index in [1.807, 2.05) is 12.1 Å². The summed E-state index contributed by atoms with van der Waals surface area (Å²) >= 11 is 0. The molecule has 1 N–H and O–H groups in total. The van der Waals surface area contributed by atoms with Crippen LogP contribution in [-0.4, -0.2) is 36.1 Å². The highest BCUT2D eigenvalue weighted by Gasteiger charge is 2.36. The molecule has 0 saturated carbocycles. The van der Waals surface area contributed by atoms with Gasteiger partial charge < -0.3 is 5.32 Å². The lowest BCUT2D eigenvalue weighted by Crippen LogP contribution is -2.58. The molecule has 0 bridgehead atoms. The van der Waals surface area contributed by atoms with Crippen molar-refractivity contribution in [1.82, 2.24) is 10.2 Å². The van der Waals surface area contributed by atoms with E-state index in [2.05, 4.69) is 31.0 Å². The molecule has 1 aromatic rings. The van der Waals surface area contributed by atoms with Crippen molar-refractivity contribution < 1.29 is 4.39 Å². The molecule has 0 amide bonds. The van der Waals surface area contributed by atoms with E-state index >= 15 is 0 Å². The number of nitrogens with one attached hydrogen (secondary N) is 1. The fourth-order valence-electron chi connectivity index (χ4n) is 3.26. The summed E-state index contributed by atoms with van der Waals surface area (Å²) in [6.07, 6.45) is 4.70. The van der Waals surface area contributed by atoms with Gasteiger partial charge >= 0.3 is 0 Å². The maximum Gasteiger partial charge on any atom is 0.123 e. The average molecular weight is 292 g/mol. The van der Waals surface area contributed by atoms with Crippen LogP contribution in [0, 0.1) is 5.82 Å².